The van der Waals surface area contributed by atoms with Crippen molar-refractivity contribution in [3.05, 3.63) is 29.8 Å². The van der Waals surface area contributed by atoms with E-state index in [0.29, 0.717) is 36.1 Å². The van der Waals surface area contributed by atoms with Crippen LogP contribution in [0.5, 0.6) is 0 Å². The molecule has 1 aromatic carbocycles. The molecule has 8 atom stereocenters. The van der Waals surface area contributed by atoms with Crippen LogP contribution in [-0.2, 0) is 20.9 Å². The van der Waals surface area contributed by atoms with Crippen LogP contribution in [0.25, 0.3) is 0 Å². The normalized spacial score (nSPS) is 33.6. The predicted molar refractivity (Wildman–Crippen MR) is 205 cm³/mol. The number of esters is 1. The molecule has 5 heteroatoms. The Labute approximate surface area is 297 Å². The van der Waals surface area contributed by atoms with E-state index >= 15 is 0 Å². The van der Waals surface area contributed by atoms with Gasteiger partial charge in [-0.2, -0.15) is 0 Å². The van der Waals surface area contributed by atoms with Crippen molar-refractivity contribution in [2.45, 2.75) is 166 Å². The maximum atomic E-state index is 14.2. The maximum Gasteiger partial charge on any atom is 0.302 e. The molecule has 1 amide bonds. The zero-order valence-corrected chi connectivity index (χ0v) is 32.3. The van der Waals surface area contributed by atoms with Crippen LogP contribution in [0.2, 0.25) is 0 Å². The van der Waals surface area contributed by atoms with Gasteiger partial charge < -0.3 is 15.0 Å². The van der Waals surface area contributed by atoms with Crippen molar-refractivity contribution in [3.8, 4) is 0 Å². The van der Waals surface area contributed by atoms with Gasteiger partial charge in [0, 0.05) is 38.7 Å². The van der Waals surface area contributed by atoms with Gasteiger partial charge >= 0.3 is 5.97 Å². The van der Waals surface area contributed by atoms with Crippen molar-refractivity contribution in [3.63, 3.8) is 0 Å². The number of ether oxygens (including phenoxy) is 1. The van der Waals surface area contributed by atoms with Crippen LogP contribution in [0, 0.1) is 45.8 Å². The highest BCUT2D eigenvalue weighted by Gasteiger charge is 2.62. The number of nitrogens with one attached hydrogen (secondary N) is 1. The number of hydrogen-bond acceptors (Lipinski definition) is 4. The van der Waals surface area contributed by atoms with Crippen molar-refractivity contribution in [2.24, 2.45) is 45.8 Å². The van der Waals surface area contributed by atoms with Gasteiger partial charge in [0.15, 0.2) is 0 Å². The van der Waals surface area contributed by atoms with Crippen LogP contribution in [0.4, 0.5) is 5.69 Å². The van der Waals surface area contributed by atoms with Gasteiger partial charge in [0.1, 0.15) is 6.10 Å². The molecule has 276 valence electrons. The lowest BCUT2D eigenvalue weighted by Crippen LogP contribution is -2.58. The smallest absolute Gasteiger partial charge is 0.302 e. The molecule has 4 fully saturated rings. The molecule has 0 heterocycles. The minimum Gasteiger partial charge on any atom is -0.462 e. The van der Waals surface area contributed by atoms with Gasteiger partial charge in [-0.05, 0) is 104 Å². The van der Waals surface area contributed by atoms with Crippen LogP contribution in [-0.4, -0.2) is 32.1 Å². The first-order valence-corrected chi connectivity index (χ1v) is 19.5. The Kier molecular flexibility index (Phi) is 16.0. The van der Waals surface area contributed by atoms with Gasteiger partial charge in [0.25, 0.3) is 0 Å². The summed E-state index contributed by atoms with van der Waals surface area (Å²) in [6, 6.07) is 8.57. The lowest BCUT2D eigenvalue weighted by Gasteiger charge is -2.61. The molecule has 0 aromatic heterocycles. The monoisotopic (exact) mass is 669 g/mol. The molecule has 8 unspecified atom stereocenters. The fraction of sp³-hybridized carbons (Fsp3) is 0.814. The molecule has 4 aliphatic rings. The van der Waals surface area contributed by atoms with Crippen LogP contribution in [0.3, 0.4) is 0 Å². The molecule has 0 spiro atoms. The Balaban J connectivity index is 0.00000126. The average Bonchev–Trinajstić information content (AvgIpc) is 3.48. The Morgan fingerprint density at radius 1 is 0.854 bits per heavy atom. The van der Waals surface area contributed by atoms with E-state index in [4.69, 9.17) is 4.74 Å². The molecular formula is C43H76N2O3. The van der Waals surface area contributed by atoms with Gasteiger partial charge in [-0.1, -0.05) is 107 Å². The third-order valence-corrected chi connectivity index (χ3v) is 12.9. The van der Waals surface area contributed by atoms with E-state index in [1.807, 2.05) is 13.8 Å². The topological polar surface area (TPSA) is 58.6 Å². The van der Waals surface area contributed by atoms with Crippen LogP contribution in [0.15, 0.2) is 24.3 Å². The summed E-state index contributed by atoms with van der Waals surface area (Å²) in [4.78, 5) is 28.4. The number of anilines is 1. The Morgan fingerprint density at radius 2 is 1.50 bits per heavy atom. The maximum absolute atomic E-state index is 14.2. The summed E-state index contributed by atoms with van der Waals surface area (Å²) in [7, 11) is 4.11. The molecule has 0 saturated heterocycles. The molecule has 5 nitrogen and oxygen atoms in total. The number of nitrogens with zero attached hydrogens (tertiary/aromatic N) is 1. The summed E-state index contributed by atoms with van der Waals surface area (Å²) in [5, 5.41) is 3.43. The lowest BCUT2D eigenvalue weighted by atomic mass is 9.44. The third-order valence-electron chi connectivity index (χ3n) is 12.9. The highest BCUT2D eigenvalue weighted by atomic mass is 16.5. The van der Waals surface area contributed by atoms with E-state index in [9.17, 15) is 9.59 Å². The highest BCUT2D eigenvalue weighted by Crippen LogP contribution is 2.66. The zero-order chi connectivity index (χ0) is 35.0. The van der Waals surface area contributed by atoms with Crippen molar-refractivity contribution < 1.29 is 14.3 Å². The van der Waals surface area contributed by atoms with Crippen LogP contribution in [0.1, 0.15) is 159 Å². The second-order valence-electron chi connectivity index (χ2n) is 16.5. The summed E-state index contributed by atoms with van der Waals surface area (Å²) >= 11 is 0. The minimum atomic E-state index is -0.212. The van der Waals surface area contributed by atoms with E-state index in [-0.39, 0.29) is 35.7 Å². The summed E-state index contributed by atoms with van der Waals surface area (Å²) in [5.41, 5.74) is 2.30. The molecular weight excluding hydrogens is 592 g/mol. The first-order chi connectivity index (χ1) is 22.3. The molecule has 1 aromatic rings. The van der Waals surface area contributed by atoms with Gasteiger partial charge in [0.2, 0.25) is 5.91 Å². The van der Waals surface area contributed by atoms with E-state index in [1.165, 1.54) is 62.6 Å². The number of carbonyl (C=O) groups is 2. The molecule has 0 radical (unpaired) electrons. The number of fused-ring (bicyclic) bond motifs is 5. The molecule has 5 rings (SSSR count). The fourth-order valence-corrected chi connectivity index (χ4v) is 10.7. The van der Waals surface area contributed by atoms with E-state index in [2.05, 4.69) is 90.1 Å². The van der Waals surface area contributed by atoms with Gasteiger partial charge in [-0.15, -0.1) is 0 Å². The fourth-order valence-electron chi connectivity index (χ4n) is 10.7. The van der Waals surface area contributed by atoms with Crippen LogP contribution >= 0.6 is 0 Å². The standard InChI is InChI=1S/C37H58N2O3.C3H8.C2H6.CH4/c1-25-10-8-11-29-30(36(5)22-20-33(42-26(2)40)35(3,4)32(36)18-13-25)19-23-37(21-9-12-31(29)37)34(41)38-24-27-14-16-28(17-15-27)39(6)7;1-3-2;1-2;/h14-17,25,29-33H,8-13,18-24H2,1-7H3,(H,38,41);3H2,1-2H3;1-2H3;1H4. The zero-order valence-electron chi connectivity index (χ0n) is 32.3. The van der Waals surface area contributed by atoms with Gasteiger partial charge in [-0.25, -0.2) is 0 Å². The van der Waals surface area contributed by atoms with E-state index in [1.54, 1.807) is 6.92 Å². The Hall–Kier alpha value is -2.04. The number of rotatable bonds is 5. The average molecular weight is 669 g/mol. The number of amides is 1. The number of benzene rings is 1. The van der Waals surface area contributed by atoms with Crippen molar-refractivity contribution in [1.82, 2.24) is 5.32 Å². The van der Waals surface area contributed by atoms with Gasteiger partial charge in [0.05, 0.1) is 5.41 Å². The quantitative estimate of drug-likeness (QED) is 0.317. The SMILES string of the molecule is C.CC.CC(=O)OC1CCC2(C)C3CCC4(C(=O)NCc5ccc(N(C)C)cc5)CCCC4C3CCCC(C)CCC2C1(C)C.CCC. The van der Waals surface area contributed by atoms with Crippen molar-refractivity contribution in [2.75, 3.05) is 19.0 Å². The second kappa shape index (κ2) is 18.3. The number of carbonyl (C=O) groups excluding carboxylic acids is 2. The molecule has 4 aliphatic carbocycles. The van der Waals surface area contributed by atoms with Crippen molar-refractivity contribution in [1.29, 1.82) is 0 Å². The molecule has 0 aliphatic heterocycles. The minimum absolute atomic E-state index is 0. The summed E-state index contributed by atoms with van der Waals surface area (Å²) in [6.45, 7) is 20.2. The largest absolute Gasteiger partial charge is 0.462 e. The molecule has 0 bridgehead atoms. The first kappa shape index (κ1) is 42.1. The molecule has 4 saturated carbocycles. The highest BCUT2D eigenvalue weighted by molar-refractivity contribution is 5.83. The first-order valence-electron chi connectivity index (χ1n) is 19.5. The third kappa shape index (κ3) is 9.00. The predicted octanol–water partition coefficient (Wildman–Crippen LogP) is 11.2. The van der Waals surface area contributed by atoms with Crippen LogP contribution < -0.4 is 10.2 Å². The second-order valence-corrected chi connectivity index (χ2v) is 16.5. The van der Waals surface area contributed by atoms with E-state index < -0.39 is 0 Å². The lowest BCUT2D eigenvalue weighted by molar-refractivity contribution is -0.183. The summed E-state index contributed by atoms with van der Waals surface area (Å²) in [5.74, 6) is 3.12. The Morgan fingerprint density at radius 3 is 2.10 bits per heavy atom. The molecule has 48 heavy (non-hydrogen) atoms. The Bertz CT molecular complexity index is 1130. The molecule has 1 N–H and O–H groups in total. The van der Waals surface area contributed by atoms with Crippen molar-refractivity contribution >= 4 is 17.6 Å². The summed E-state index contributed by atoms with van der Waals surface area (Å²) < 4.78 is 6.00. The van der Waals surface area contributed by atoms with E-state index in [0.717, 1.165) is 38.0 Å². The summed E-state index contributed by atoms with van der Waals surface area (Å²) in [6.07, 6.45) is 15.2. The number of hydrogen-bond donors (Lipinski definition) is 1. The van der Waals surface area contributed by atoms with Gasteiger partial charge in [-0.3, -0.25) is 9.59 Å².